The summed E-state index contributed by atoms with van der Waals surface area (Å²) < 4.78 is 0. The second-order valence-electron chi connectivity index (χ2n) is 7.10. The Hall–Kier alpha value is -0.860. The minimum atomic E-state index is 0.671. The van der Waals surface area contributed by atoms with Gasteiger partial charge in [-0.2, -0.15) is 0 Å². The van der Waals surface area contributed by atoms with Crippen LogP contribution >= 0.6 is 0 Å². The smallest absolute Gasteiger partial charge is 0.0201 e. The number of likely N-dealkylation sites (N-methyl/N-ethyl adjacent to an activating group) is 1. The Balaban J connectivity index is 1.62. The number of rotatable bonds is 5. The molecule has 2 nitrogen and oxygen atoms in total. The van der Waals surface area contributed by atoms with Gasteiger partial charge in [0.15, 0.2) is 0 Å². The molecule has 0 amide bonds. The summed E-state index contributed by atoms with van der Waals surface area (Å²) in [4.78, 5) is 2.62. The molecule has 1 N–H and O–H groups in total. The number of hydrogen-bond donors (Lipinski definition) is 1. The van der Waals surface area contributed by atoms with Crippen LogP contribution in [0.2, 0.25) is 0 Å². The van der Waals surface area contributed by atoms with Crippen LogP contribution in [0.4, 0.5) is 0 Å². The normalized spacial score (nSPS) is 27.5. The van der Waals surface area contributed by atoms with Crippen molar-refractivity contribution in [2.24, 2.45) is 5.92 Å². The van der Waals surface area contributed by atoms with Gasteiger partial charge >= 0.3 is 0 Å². The van der Waals surface area contributed by atoms with E-state index < -0.39 is 0 Å². The average molecular weight is 286 g/mol. The van der Waals surface area contributed by atoms with Crippen LogP contribution in [-0.4, -0.2) is 37.1 Å². The lowest BCUT2D eigenvalue weighted by Gasteiger charge is -2.39. The number of piperidine rings is 1. The molecule has 2 heteroatoms. The van der Waals surface area contributed by atoms with Crippen LogP contribution in [0.5, 0.6) is 0 Å². The van der Waals surface area contributed by atoms with Gasteiger partial charge in [0.2, 0.25) is 0 Å². The van der Waals surface area contributed by atoms with Gasteiger partial charge in [0.05, 0.1) is 0 Å². The van der Waals surface area contributed by atoms with E-state index in [1.807, 2.05) is 0 Å². The third-order valence-electron chi connectivity index (χ3n) is 5.41. The van der Waals surface area contributed by atoms with Crippen LogP contribution in [0.25, 0.3) is 0 Å². The molecule has 1 heterocycles. The van der Waals surface area contributed by atoms with Crippen LogP contribution in [0.1, 0.15) is 49.7 Å². The molecule has 0 radical (unpaired) electrons. The van der Waals surface area contributed by atoms with E-state index in [0.717, 1.165) is 5.92 Å². The summed E-state index contributed by atoms with van der Waals surface area (Å²) in [7, 11) is 0. The molecule has 1 aromatic rings. The largest absolute Gasteiger partial charge is 0.312 e. The van der Waals surface area contributed by atoms with Crippen molar-refractivity contribution >= 4 is 0 Å². The summed E-state index contributed by atoms with van der Waals surface area (Å²) in [6.45, 7) is 9.36. The second kappa shape index (κ2) is 6.93. The fraction of sp³-hybridized carbons (Fsp3) is 0.684. The third kappa shape index (κ3) is 3.87. The molecule has 116 valence electrons. The van der Waals surface area contributed by atoms with Gasteiger partial charge in [0.25, 0.3) is 0 Å². The molecule has 0 aromatic heterocycles. The van der Waals surface area contributed by atoms with Crippen LogP contribution < -0.4 is 5.32 Å². The summed E-state index contributed by atoms with van der Waals surface area (Å²) in [6, 6.07) is 9.79. The van der Waals surface area contributed by atoms with Gasteiger partial charge in [-0.25, -0.2) is 0 Å². The molecule has 1 saturated carbocycles. The lowest BCUT2D eigenvalue weighted by molar-refractivity contribution is 0.169. The minimum absolute atomic E-state index is 0.671. The lowest BCUT2D eigenvalue weighted by Crippen LogP contribution is -2.49. The summed E-state index contributed by atoms with van der Waals surface area (Å²) in [5, 5.41) is 3.86. The van der Waals surface area contributed by atoms with Crippen LogP contribution in [0.3, 0.4) is 0 Å². The summed E-state index contributed by atoms with van der Waals surface area (Å²) in [5.41, 5.74) is 2.92. The monoisotopic (exact) mass is 286 g/mol. The molecule has 1 aliphatic heterocycles. The Labute approximate surface area is 129 Å². The van der Waals surface area contributed by atoms with Crippen LogP contribution in [-0.2, 0) is 0 Å². The van der Waals surface area contributed by atoms with Gasteiger partial charge in [-0.3, -0.25) is 0 Å². The lowest BCUT2D eigenvalue weighted by atomic mass is 9.84. The number of nitrogens with one attached hydrogen (secondary N) is 1. The SMILES string of the molecule is CCN1CC(NCC2CCC2)CC(c2cccc(C)c2)C1. The van der Waals surface area contributed by atoms with Gasteiger partial charge in [-0.15, -0.1) is 0 Å². The first-order valence-corrected chi connectivity index (χ1v) is 8.77. The first kappa shape index (κ1) is 15.1. The Morgan fingerprint density at radius 1 is 1.24 bits per heavy atom. The molecule has 0 bridgehead atoms. The highest BCUT2D eigenvalue weighted by Gasteiger charge is 2.28. The highest BCUT2D eigenvalue weighted by atomic mass is 15.2. The number of nitrogens with zero attached hydrogens (tertiary/aromatic N) is 1. The first-order valence-electron chi connectivity index (χ1n) is 8.77. The Kier molecular flexibility index (Phi) is 4.97. The first-order chi connectivity index (χ1) is 10.2. The highest BCUT2D eigenvalue weighted by molar-refractivity contribution is 5.26. The van der Waals surface area contributed by atoms with Crippen LogP contribution in [0.15, 0.2) is 24.3 Å². The average Bonchev–Trinajstić information content (AvgIpc) is 2.45. The Morgan fingerprint density at radius 3 is 2.76 bits per heavy atom. The molecule has 2 aliphatic rings. The van der Waals surface area contributed by atoms with Gasteiger partial charge in [-0.05, 0) is 56.7 Å². The number of aryl methyl sites for hydroxylation is 1. The maximum atomic E-state index is 3.86. The van der Waals surface area contributed by atoms with Gasteiger partial charge in [0.1, 0.15) is 0 Å². The molecule has 2 fully saturated rings. The van der Waals surface area contributed by atoms with Gasteiger partial charge in [0, 0.05) is 19.1 Å². The zero-order valence-electron chi connectivity index (χ0n) is 13.6. The molecule has 3 rings (SSSR count). The van der Waals surface area contributed by atoms with Gasteiger partial charge < -0.3 is 10.2 Å². The van der Waals surface area contributed by atoms with E-state index in [2.05, 4.69) is 48.3 Å². The maximum absolute atomic E-state index is 3.86. The van der Waals surface area contributed by atoms with Crippen molar-refractivity contribution in [1.82, 2.24) is 10.2 Å². The quantitative estimate of drug-likeness (QED) is 0.890. The molecule has 2 unspecified atom stereocenters. The third-order valence-corrected chi connectivity index (χ3v) is 5.41. The summed E-state index contributed by atoms with van der Waals surface area (Å²) in [5.74, 6) is 1.65. The van der Waals surface area contributed by atoms with Crippen molar-refractivity contribution in [3.8, 4) is 0 Å². The predicted octanol–water partition coefficient (Wildman–Crippen LogP) is 3.56. The zero-order chi connectivity index (χ0) is 14.7. The Morgan fingerprint density at radius 2 is 2.10 bits per heavy atom. The fourth-order valence-electron chi connectivity index (χ4n) is 3.79. The van der Waals surface area contributed by atoms with E-state index in [9.17, 15) is 0 Å². The number of hydrogen-bond acceptors (Lipinski definition) is 2. The van der Waals surface area contributed by atoms with E-state index in [-0.39, 0.29) is 0 Å². The summed E-state index contributed by atoms with van der Waals surface area (Å²) in [6.07, 6.45) is 5.63. The van der Waals surface area contributed by atoms with E-state index in [1.54, 1.807) is 0 Å². The molecule has 1 aliphatic carbocycles. The van der Waals surface area contributed by atoms with Crippen molar-refractivity contribution in [2.45, 2.75) is 51.5 Å². The fourth-order valence-corrected chi connectivity index (χ4v) is 3.79. The van der Waals surface area contributed by atoms with E-state index in [4.69, 9.17) is 0 Å². The van der Waals surface area contributed by atoms with Crippen molar-refractivity contribution in [1.29, 1.82) is 0 Å². The van der Waals surface area contributed by atoms with Crippen molar-refractivity contribution in [3.63, 3.8) is 0 Å². The second-order valence-corrected chi connectivity index (χ2v) is 7.10. The van der Waals surface area contributed by atoms with E-state index in [0.29, 0.717) is 12.0 Å². The standard InChI is InChI=1S/C19H30N2/c1-3-21-13-18(17-9-4-6-15(2)10-17)11-19(14-21)20-12-16-7-5-8-16/h4,6,9-10,16,18-20H,3,5,7-8,11-14H2,1-2H3. The molecular formula is C19H30N2. The summed E-state index contributed by atoms with van der Waals surface area (Å²) >= 11 is 0. The molecule has 0 spiro atoms. The number of likely N-dealkylation sites (tertiary alicyclic amines) is 1. The number of benzene rings is 1. The topological polar surface area (TPSA) is 15.3 Å². The molecule has 1 saturated heterocycles. The van der Waals surface area contributed by atoms with E-state index in [1.165, 1.54) is 63.0 Å². The molecule has 1 aromatic carbocycles. The van der Waals surface area contributed by atoms with Crippen molar-refractivity contribution < 1.29 is 0 Å². The van der Waals surface area contributed by atoms with Crippen molar-refractivity contribution in [3.05, 3.63) is 35.4 Å². The highest BCUT2D eigenvalue weighted by Crippen LogP contribution is 2.29. The van der Waals surface area contributed by atoms with E-state index >= 15 is 0 Å². The zero-order valence-corrected chi connectivity index (χ0v) is 13.6. The minimum Gasteiger partial charge on any atom is -0.312 e. The predicted molar refractivity (Wildman–Crippen MR) is 89.8 cm³/mol. The van der Waals surface area contributed by atoms with Crippen LogP contribution in [0, 0.1) is 12.8 Å². The van der Waals surface area contributed by atoms with Crippen molar-refractivity contribution in [2.75, 3.05) is 26.2 Å². The molecule has 21 heavy (non-hydrogen) atoms. The van der Waals surface area contributed by atoms with Gasteiger partial charge in [-0.1, -0.05) is 43.2 Å². The Bertz CT molecular complexity index is 453. The maximum Gasteiger partial charge on any atom is 0.0201 e. The molecular weight excluding hydrogens is 256 g/mol. The molecule has 2 atom stereocenters.